The first-order valence-electron chi connectivity index (χ1n) is 6.14. The van der Waals surface area contributed by atoms with E-state index in [1.54, 1.807) is 18.5 Å². The van der Waals surface area contributed by atoms with E-state index in [-0.39, 0.29) is 11.9 Å². The van der Waals surface area contributed by atoms with Crippen LogP contribution in [0.1, 0.15) is 24.1 Å². The molecule has 0 spiro atoms. The van der Waals surface area contributed by atoms with Gasteiger partial charge in [-0.1, -0.05) is 13.0 Å². The van der Waals surface area contributed by atoms with E-state index in [4.69, 9.17) is 0 Å². The molecule has 0 amide bonds. The molecule has 0 radical (unpaired) electrons. The van der Waals surface area contributed by atoms with E-state index >= 15 is 0 Å². The molecule has 0 fully saturated rings. The van der Waals surface area contributed by atoms with Crippen LogP contribution in [0.5, 0.6) is 0 Å². The molecular formula is C14H15BrFN3. The summed E-state index contributed by atoms with van der Waals surface area (Å²) in [7, 11) is 0. The minimum Gasteiger partial charge on any atom is -0.310 e. The van der Waals surface area contributed by atoms with Crippen LogP contribution in [-0.2, 0) is 6.42 Å². The number of rotatable bonds is 5. The molecule has 0 aliphatic rings. The van der Waals surface area contributed by atoms with Crippen molar-refractivity contribution in [1.29, 1.82) is 0 Å². The highest BCUT2D eigenvalue weighted by atomic mass is 79.9. The van der Waals surface area contributed by atoms with Gasteiger partial charge in [-0.15, -0.1) is 0 Å². The van der Waals surface area contributed by atoms with Crippen LogP contribution in [0.3, 0.4) is 0 Å². The lowest BCUT2D eigenvalue weighted by molar-refractivity contribution is 0.545. The van der Waals surface area contributed by atoms with Gasteiger partial charge in [0.2, 0.25) is 0 Å². The molecule has 1 atom stereocenters. The number of benzene rings is 1. The maximum atomic E-state index is 13.2. The SMILES string of the molecule is CCNC(Cc1ccc(F)c(Br)c1)c1ccnnc1. The van der Waals surface area contributed by atoms with Crippen molar-refractivity contribution in [1.82, 2.24) is 15.5 Å². The molecule has 2 aromatic rings. The molecule has 0 saturated heterocycles. The Hall–Kier alpha value is -1.33. The van der Waals surface area contributed by atoms with E-state index in [1.165, 1.54) is 6.07 Å². The summed E-state index contributed by atoms with van der Waals surface area (Å²) < 4.78 is 13.7. The highest BCUT2D eigenvalue weighted by Gasteiger charge is 2.12. The Bertz CT molecular complexity index is 533. The van der Waals surface area contributed by atoms with Crippen LogP contribution < -0.4 is 5.32 Å². The molecule has 3 nitrogen and oxygen atoms in total. The molecule has 2 rings (SSSR count). The second kappa shape index (κ2) is 6.73. The molecule has 1 aromatic heterocycles. The number of nitrogens with one attached hydrogen (secondary N) is 1. The van der Waals surface area contributed by atoms with Gasteiger partial charge in [0.1, 0.15) is 5.82 Å². The minimum atomic E-state index is -0.241. The Balaban J connectivity index is 2.19. The molecule has 100 valence electrons. The normalized spacial score (nSPS) is 12.4. The number of hydrogen-bond donors (Lipinski definition) is 1. The maximum absolute atomic E-state index is 13.2. The fraction of sp³-hybridized carbons (Fsp3) is 0.286. The van der Waals surface area contributed by atoms with Gasteiger partial charge in [-0.25, -0.2) is 4.39 Å². The first-order chi connectivity index (χ1) is 9.20. The van der Waals surface area contributed by atoms with Crippen molar-refractivity contribution in [3.63, 3.8) is 0 Å². The number of aromatic nitrogens is 2. The van der Waals surface area contributed by atoms with Gasteiger partial charge in [0, 0.05) is 12.2 Å². The zero-order valence-electron chi connectivity index (χ0n) is 10.6. The monoisotopic (exact) mass is 323 g/mol. The van der Waals surface area contributed by atoms with Crippen LogP contribution in [0.15, 0.2) is 41.1 Å². The van der Waals surface area contributed by atoms with Crippen LogP contribution in [0.2, 0.25) is 0 Å². The van der Waals surface area contributed by atoms with Crippen molar-refractivity contribution < 1.29 is 4.39 Å². The summed E-state index contributed by atoms with van der Waals surface area (Å²) in [4.78, 5) is 0. The Morgan fingerprint density at radius 1 is 1.32 bits per heavy atom. The van der Waals surface area contributed by atoms with E-state index in [0.29, 0.717) is 4.47 Å². The topological polar surface area (TPSA) is 37.8 Å². The summed E-state index contributed by atoms with van der Waals surface area (Å²) in [6, 6.07) is 7.19. The largest absolute Gasteiger partial charge is 0.310 e. The lowest BCUT2D eigenvalue weighted by atomic mass is 10.0. The third kappa shape index (κ3) is 3.81. The third-order valence-electron chi connectivity index (χ3n) is 2.88. The Morgan fingerprint density at radius 2 is 2.16 bits per heavy atom. The van der Waals surface area contributed by atoms with E-state index in [1.807, 2.05) is 12.1 Å². The third-order valence-corrected chi connectivity index (χ3v) is 3.49. The molecule has 1 unspecified atom stereocenters. The van der Waals surface area contributed by atoms with Gasteiger partial charge in [0.05, 0.1) is 10.7 Å². The zero-order chi connectivity index (χ0) is 13.7. The van der Waals surface area contributed by atoms with Crippen molar-refractivity contribution in [2.45, 2.75) is 19.4 Å². The highest BCUT2D eigenvalue weighted by Crippen LogP contribution is 2.22. The number of likely N-dealkylation sites (N-methyl/N-ethyl adjacent to an activating group) is 1. The van der Waals surface area contributed by atoms with E-state index < -0.39 is 0 Å². The Labute approximate surface area is 120 Å². The lowest BCUT2D eigenvalue weighted by Crippen LogP contribution is -2.23. The average Bonchev–Trinajstić information content (AvgIpc) is 2.43. The van der Waals surface area contributed by atoms with Gasteiger partial charge >= 0.3 is 0 Å². The molecule has 1 heterocycles. The van der Waals surface area contributed by atoms with Gasteiger partial charge in [0.25, 0.3) is 0 Å². The molecule has 1 N–H and O–H groups in total. The maximum Gasteiger partial charge on any atom is 0.137 e. The number of halogens is 2. The van der Waals surface area contributed by atoms with E-state index in [9.17, 15) is 4.39 Å². The first-order valence-corrected chi connectivity index (χ1v) is 6.94. The smallest absolute Gasteiger partial charge is 0.137 e. The predicted molar refractivity (Wildman–Crippen MR) is 76.3 cm³/mol. The Morgan fingerprint density at radius 3 is 2.79 bits per heavy atom. The summed E-state index contributed by atoms with van der Waals surface area (Å²) in [5, 5.41) is 11.1. The van der Waals surface area contributed by atoms with Gasteiger partial charge in [-0.2, -0.15) is 10.2 Å². The second-order valence-electron chi connectivity index (χ2n) is 4.24. The minimum absolute atomic E-state index is 0.151. The van der Waals surface area contributed by atoms with Crippen LogP contribution in [0, 0.1) is 5.82 Å². The molecule has 0 saturated carbocycles. The van der Waals surface area contributed by atoms with Crippen LogP contribution in [0.4, 0.5) is 4.39 Å². The molecule has 0 aliphatic heterocycles. The van der Waals surface area contributed by atoms with Crippen molar-refractivity contribution in [3.05, 3.63) is 58.1 Å². The van der Waals surface area contributed by atoms with Crippen LogP contribution in [-0.4, -0.2) is 16.7 Å². The van der Waals surface area contributed by atoms with Crippen molar-refractivity contribution >= 4 is 15.9 Å². The van der Waals surface area contributed by atoms with E-state index in [0.717, 1.165) is 24.1 Å². The summed E-state index contributed by atoms with van der Waals surface area (Å²) in [5.41, 5.74) is 2.15. The second-order valence-corrected chi connectivity index (χ2v) is 5.09. The first kappa shape index (κ1) is 14.1. The molecule has 19 heavy (non-hydrogen) atoms. The fourth-order valence-electron chi connectivity index (χ4n) is 1.96. The average molecular weight is 324 g/mol. The fourth-order valence-corrected chi connectivity index (χ4v) is 2.39. The molecule has 1 aromatic carbocycles. The van der Waals surface area contributed by atoms with Gasteiger partial charge in [-0.05, 0) is 58.2 Å². The quantitative estimate of drug-likeness (QED) is 0.917. The molecule has 5 heteroatoms. The summed E-state index contributed by atoms with van der Waals surface area (Å²) in [5.74, 6) is -0.241. The van der Waals surface area contributed by atoms with Crippen LogP contribution in [0.25, 0.3) is 0 Å². The molecule has 0 aliphatic carbocycles. The van der Waals surface area contributed by atoms with Gasteiger partial charge < -0.3 is 5.32 Å². The van der Waals surface area contributed by atoms with Gasteiger partial charge in [0.15, 0.2) is 0 Å². The van der Waals surface area contributed by atoms with E-state index in [2.05, 4.69) is 38.4 Å². The lowest BCUT2D eigenvalue weighted by Gasteiger charge is -2.18. The Kier molecular flexibility index (Phi) is 4.99. The summed E-state index contributed by atoms with van der Waals surface area (Å²) >= 11 is 3.21. The van der Waals surface area contributed by atoms with Gasteiger partial charge in [-0.3, -0.25) is 0 Å². The van der Waals surface area contributed by atoms with Crippen molar-refractivity contribution in [3.8, 4) is 0 Å². The van der Waals surface area contributed by atoms with Crippen molar-refractivity contribution in [2.75, 3.05) is 6.54 Å². The van der Waals surface area contributed by atoms with Crippen LogP contribution >= 0.6 is 15.9 Å². The number of nitrogens with zero attached hydrogens (tertiary/aromatic N) is 2. The summed E-state index contributed by atoms with van der Waals surface area (Å²) in [6.45, 7) is 2.91. The zero-order valence-corrected chi connectivity index (χ0v) is 12.2. The predicted octanol–water partition coefficient (Wildman–Crippen LogP) is 3.27. The summed E-state index contributed by atoms with van der Waals surface area (Å²) in [6.07, 6.45) is 4.21. The van der Waals surface area contributed by atoms with Crippen molar-refractivity contribution in [2.24, 2.45) is 0 Å². The highest BCUT2D eigenvalue weighted by molar-refractivity contribution is 9.10. The molecular weight excluding hydrogens is 309 g/mol. The molecule has 0 bridgehead atoms. The number of hydrogen-bond acceptors (Lipinski definition) is 3. The standard InChI is InChI=1S/C14H15BrFN3/c1-2-17-14(11-5-6-18-19-9-11)8-10-3-4-13(16)12(15)7-10/h3-7,9,14,17H,2,8H2,1H3.